The highest BCUT2D eigenvalue weighted by atomic mass is 19.1. The summed E-state index contributed by atoms with van der Waals surface area (Å²) >= 11 is 0. The minimum Gasteiger partial charge on any atom is -0.445 e. The second-order valence-electron chi connectivity index (χ2n) is 8.39. The van der Waals surface area contributed by atoms with Crippen LogP contribution >= 0.6 is 0 Å². The van der Waals surface area contributed by atoms with Gasteiger partial charge < -0.3 is 14.6 Å². The molecule has 1 aliphatic rings. The number of alkyl carbamates (subject to hydrolysis) is 1. The van der Waals surface area contributed by atoms with Crippen LogP contribution in [-0.2, 0) is 29.8 Å². The molecular weight excluding hydrogens is 405 g/mol. The van der Waals surface area contributed by atoms with Crippen LogP contribution in [0.3, 0.4) is 0 Å². The van der Waals surface area contributed by atoms with Crippen molar-refractivity contribution in [2.45, 2.75) is 38.5 Å². The van der Waals surface area contributed by atoms with Gasteiger partial charge in [0.2, 0.25) is 0 Å². The molecule has 1 amide bonds. The first-order valence-corrected chi connectivity index (χ1v) is 10.7. The van der Waals surface area contributed by atoms with Crippen molar-refractivity contribution in [3.8, 4) is 0 Å². The molecule has 0 fully saturated rings. The zero-order chi connectivity index (χ0) is 22.1. The molecule has 1 unspecified atom stereocenters. The number of nitrogens with zero attached hydrogens (tertiary/aromatic N) is 2. The summed E-state index contributed by atoms with van der Waals surface area (Å²) in [6.07, 6.45) is 0.726. The Morgan fingerprint density at radius 2 is 1.97 bits per heavy atom. The zero-order valence-electron chi connectivity index (χ0n) is 17.8. The first-order valence-electron chi connectivity index (χ1n) is 10.7. The van der Waals surface area contributed by atoms with E-state index in [1.807, 2.05) is 43.3 Å². The first kappa shape index (κ1) is 20.2. The third-order valence-corrected chi connectivity index (χ3v) is 6.12. The van der Waals surface area contributed by atoms with Gasteiger partial charge in [-0.05, 0) is 54.3 Å². The Kier molecular flexibility index (Phi) is 5.13. The average molecular weight is 429 g/mol. The number of imidazole rings is 1. The average Bonchev–Trinajstić information content (AvgIpc) is 3.15. The lowest BCUT2D eigenvalue weighted by molar-refractivity contribution is 0.117. The van der Waals surface area contributed by atoms with Crippen LogP contribution in [-0.4, -0.2) is 15.6 Å². The molecule has 32 heavy (non-hydrogen) atoms. The first-order chi connectivity index (χ1) is 15.5. The number of nitrogens with one attached hydrogen (secondary N) is 1. The monoisotopic (exact) mass is 429 g/mol. The predicted octanol–water partition coefficient (Wildman–Crippen LogP) is 5.25. The predicted molar refractivity (Wildman–Crippen MR) is 121 cm³/mol. The van der Waals surface area contributed by atoms with Crippen molar-refractivity contribution < 1.29 is 13.9 Å². The molecule has 1 atom stereocenters. The third kappa shape index (κ3) is 3.84. The number of amides is 1. The summed E-state index contributed by atoms with van der Waals surface area (Å²) in [5.41, 5.74) is 3.90. The van der Waals surface area contributed by atoms with Gasteiger partial charge in [0.15, 0.2) is 0 Å². The lowest BCUT2D eigenvalue weighted by Crippen LogP contribution is -2.51. The minimum atomic E-state index is -0.804. The maximum absolute atomic E-state index is 14.2. The number of carbonyl (C=O) groups is 1. The third-order valence-electron chi connectivity index (χ3n) is 6.12. The molecule has 0 spiro atoms. The molecule has 5 nitrogen and oxygen atoms in total. The van der Waals surface area contributed by atoms with Crippen LogP contribution in [0.25, 0.3) is 11.0 Å². The number of aryl methyl sites for hydroxylation is 2. The van der Waals surface area contributed by atoms with Crippen molar-refractivity contribution in [2.75, 3.05) is 0 Å². The SMILES string of the molecule is Cc1ccc2c(c1)nc1n2CC(NC(=O)OCc2ccccc2)(c2cccc(F)c2)CC1. The summed E-state index contributed by atoms with van der Waals surface area (Å²) in [6.45, 7) is 2.66. The van der Waals surface area contributed by atoms with Crippen molar-refractivity contribution in [2.24, 2.45) is 0 Å². The molecule has 4 aromatic rings. The van der Waals surface area contributed by atoms with Crippen LogP contribution < -0.4 is 5.32 Å². The molecule has 0 aliphatic carbocycles. The molecular formula is C26H24FN3O2. The van der Waals surface area contributed by atoms with Crippen LogP contribution in [0.5, 0.6) is 0 Å². The van der Waals surface area contributed by atoms with Gasteiger partial charge >= 0.3 is 6.09 Å². The number of hydrogen-bond donors (Lipinski definition) is 1. The molecule has 0 saturated heterocycles. The Morgan fingerprint density at radius 1 is 1.12 bits per heavy atom. The second kappa shape index (κ2) is 8.11. The van der Waals surface area contributed by atoms with E-state index in [4.69, 9.17) is 9.72 Å². The molecule has 1 aromatic heterocycles. The standard InChI is InChI=1S/C26H24FN3O2/c1-18-10-11-23-22(14-18)28-24-12-13-26(17-30(23)24,20-8-5-9-21(27)15-20)29-25(31)32-16-19-6-3-2-4-7-19/h2-11,14-15H,12-13,16-17H2,1H3,(H,29,31). The van der Waals surface area contributed by atoms with Gasteiger partial charge in [-0.2, -0.15) is 0 Å². The summed E-state index contributed by atoms with van der Waals surface area (Å²) in [7, 11) is 0. The number of hydrogen-bond acceptors (Lipinski definition) is 3. The van der Waals surface area contributed by atoms with Gasteiger partial charge in [0.05, 0.1) is 23.1 Å². The van der Waals surface area contributed by atoms with E-state index in [1.54, 1.807) is 6.07 Å². The highest BCUT2D eigenvalue weighted by Gasteiger charge is 2.39. The molecule has 0 bridgehead atoms. The van der Waals surface area contributed by atoms with Gasteiger partial charge in [-0.1, -0.05) is 48.5 Å². The van der Waals surface area contributed by atoms with Crippen LogP contribution in [0.4, 0.5) is 9.18 Å². The van der Waals surface area contributed by atoms with Gasteiger partial charge in [0.25, 0.3) is 0 Å². The smallest absolute Gasteiger partial charge is 0.408 e. The van der Waals surface area contributed by atoms with Crippen molar-refractivity contribution >= 4 is 17.1 Å². The lowest BCUT2D eigenvalue weighted by Gasteiger charge is -2.39. The molecule has 0 saturated carbocycles. The number of halogens is 1. The quantitative estimate of drug-likeness (QED) is 0.482. The van der Waals surface area contributed by atoms with Crippen LogP contribution in [0.2, 0.25) is 0 Å². The number of fused-ring (bicyclic) bond motifs is 3. The van der Waals surface area contributed by atoms with Gasteiger partial charge in [-0.15, -0.1) is 0 Å². The van der Waals surface area contributed by atoms with Crippen molar-refractivity contribution in [3.05, 3.63) is 101 Å². The van der Waals surface area contributed by atoms with Gasteiger partial charge in [0.1, 0.15) is 18.2 Å². The van der Waals surface area contributed by atoms with E-state index in [9.17, 15) is 9.18 Å². The van der Waals surface area contributed by atoms with Gasteiger partial charge in [-0.25, -0.2) is 14.2 Å². The van der Waals surface area contributed by atoms with Crippen LogP contribution in [0.15, 0.2) is 72.8 Å². The highest BCUT2D eigenvalue weighted by molar-refractivity contribution is 5.77. The second-order valence-corrected chi connectivity index (χ2v) is 8.39. The summed E-state index contributed by atoms with van der Waals surface area (Å²) in [5, 5.41) is 3.08. The van der Waals surface area contributed by atoms with E-state index in [0.29, 0.717) is 24.9 Å². The maximum atomic E-state index is 14.2. The molecule has 162 valence electrons. The van der Waals surface area contributed by atoms with Crippen LogP contribution in [0.1, 0.15) is 28.9 Å². The van der Waals surface area contributed by atoms with Crippen molar-refractivity contribution in [1.29, 1.82) is 0 Å². The fourth-order valence-corrected chi connectivity index (χ4v) is 4.48. The van der Waals surface area contributed by atoms with E-state index < -0.39 is 11.6 Å². The number of benzene rings is 3. The summed E-state index contributed by atoms with van der Waals surface area (Å²) in [5.74, 6) is 0.635. The Hall–Kier alpha value is -3.67. The Bertz CT molecular complexity index is 1280. The largest absolute Gasteiger partial charge is 0.445 e. The molecule has 1 aliphatic heterocycles. The molecule has 1 N–H and O–H groups in total. The summed E-state index contributed by atoms with van der Waals surface area (Å²) < 4.78 is 21.8. The Morgan fingerprint density at radius 3 is 2.78 bits per heavy atom. The Labute approximate surface area is 185 Å². The fraction of sp³-hybridized carbons (Fsp3) is 0.231. The van der Waals surface area contributed by atoms with Crippen LogP contribution in [0, 0.1) is 12.7 Å². The number of ether oxygens (including phenoxy) is 1. The zero-order valence-corrected chi connectivity index (χ0v) is 17.8. The van der Waals surface area contributed by atoms with Crippen molar-refractivity contribution in [3.63, 3.8) is 0 Å². The molecule has 5 rings (SSSR count). The van der Waals surface area contributed by atoms with E-state index in [1.165, 1.54) is 12.1 Å². The molecule has 6 heteroatoms. The Balaban J connectivity index is 1.48. The number of aromatic nitrogens is 2. The van der Waals surface area contributed by atoms with Crippen molar-refractivity contribution in [1.82, 2.24) is 14.9 Å². The van der Waals surface area contributed by atoms with Gasteiger partial charge in [0, 0.05) is 6.42 Å². The van der Waals surface area contributed by atoms with E-state index >= 15 is 0 Å². The number of rotatable bonds is 4. The number of carbonyl (C=O) groups excluding carboxylic acids is 1. The molecule has 0 radical (unpaired) electrons. The summed E-state index contributed by atoms with van der Waals surface area (Å²) in [6, 6.07) is 22.1. The fourth-order valence-electron chi connectivity index (χ4n) is 4.48. The van der Waals surface area contributed by atoms with Gasteiger partial charge in [-0.3, -0.25) is 0 Å². The van der Waals surface area contributed by atoms with E-state index in [-0.39, 0.29) is 12.4 Å². The maximum Gasteiger partial charge on any atom is 0.408 e. The molecule has 2 heterocycles. The van der Waals surface area contributed by atoms with E-state index in [2.05, 4.69) is 28.1 Å². The summed E-state index contributed by atoms with van der Waals surface area (Å²) in [4.78, 5) is 17.6. The highest BCUT2D eigenvalue weighted by Crippen LogP contribution is 2.36. The molecule has 3 aromatic carbocycles. The van der Waals surface area contributed by atoms with E-state index in [0.717, 1.165) is 28.0 Å². The topological polar surface area (TPSA) is 56.2 Å². The normalized spacial score (nSPS) is 17.7. The lowest BCUT2D eigenvalue weighted by atomic mass is 9.83. The minimum absolute atomic E-state index is 0.171.